The summed E-state index contributed by atoms with van der Waals surface area (Å²) in [6.07, 6.45) is 4.93. The number of aryl methyl sites for hydroxylation is 1. The lowest BCUT2D eigenvalue weighted by atomic mass is 10.1. The van der Waals surface area contributed by atoms with Gasteiger partial charge in [-0.25, -0.2) is 9.78 Å². The van der Waals surface area contributed by atoms with Crippen molar-refractivity contribution in [2.24, 2.45) is 0 Å². The number of fused-ring (bicyclic) bond motifs is 2. The number of benzene rings is 2. The molecule has 0 bridgehead atoms. The van der Waals surface area contributed by atoms with Gasteiger partial charge in [-0.15, -0.1) is 6.58 Å². The maximum absolute atomic E-state index is 13.4. The van der Waals surface area contributed by atoms with Gasteiger partial charge in [0.2, 0.25) is 5.95 Å². The molecule has 42 heavy (non-hydrogen) atoms. The topological polar surface area (TPSA) is 113 Å². The first-order valence-electron chi connectivity index (χ1n) is 14.0. The van der Waals surface area contributed by atoms with Gasteiger partial charge in [-0.3, -0.25) is 9.69 Å². The number of rotatable bonds is 8. The minimum Gasteiger partial charge on any atom is -0.494 e. The van der Waals surface area contributed by atoms with E-state index in [4.69, 9.17) is 9.47 Å². The fourth-order valence-corrected chi connectivity index (χ4v) is 4.85. The Bertz CT molecular complexity index is 1680. The SMILES string of the molecule is C=CCCCOc1cccc(Nc2ncc3cc(N4CCN(C(=O)OC(C)(C)C)c5c(C)cccc54)c(=O)[nH]c3n2)c1. The van der Waals surface area contributed by atoms with Gasteiger partial charge in [-0.2, -0.15) is 4.98 Å². The molecule has 1 aliphatic heterocycles. The Morgan fingerprint density at radius 2 is 1.95 bits per heavy atom. The standard InChI is InChI=1S/C32H36N6O4/c1-6-7-8-17-41-24-13-10-12-23(19-24)34-30-33-20-22-18-26(29(39)35-28(22)36-30)37-15-16-38(31(40)42-32(3,4)5)27-21(2)11-9-14-25(27)37/h6,9-14,18-20H,1,7-8,15-17H2,2-5H3,(H2,33,34,35,36,39). The highest BCUT2D eigenvalue weighted by atomic mass is 16.6. The maximum Gasteiger partial charge on any atom is 0.414 e. The van der Waals surface area contributed by atoms with E-state index in [0.29, 0.717) is 42.4 Å². The van der Waals surface area contributed by atoms with E-state index in [0.717, 1.165) is 41.2 Å². The summed E-state index contributed by atoms with van der Waals surface area (Å²) in [6, 6.07) is 15.1. The highest BCUT2D eigenvalue weighted by Crippen LogP contribution is 2.40. The van der Waals surface area contributed by atoms with E-state index < -0.39 is 11.7 Å². The third-order valence-corrected chi connectivity index (χ3v) is 6.71. The molecule has 1 amide bonds. The Balaban J connectivity index is 1.40. The van der Waals surface area contributed by atoms with Crippen molar-refractivity contribution in [3.8, 4) is 5.75 Å². The number of anilines is 5. The molecule has 0 saturated carbocycles. The Labute approximate surface area is 245 Å². The predicted molar refractivity (Wildman–Crippen MR) is 167 cm³/mol. The molecular formula is C32H36N6O4. The van der Waals surface area contributed by atoms with E-state index in [-0.39, 0.29) is 5.56 Å². The average Bonchev–Trinajstić information content (AvgIpc) is 2.94. The van der Waals surface area contributed by atoms with E-state index in [9.17, 15) is 9.59 Å². The van der Waals surface area contributed by atoms with E-state index in [1.807, 2.05) is 81.1 Å². The molecule has 0 aliphatic carbocycles. The van der Waals surface area contributed by atoms with Crippen LogP contribution in [-0.2, 0) is 4.74 Å². The third kappa shape index (κ3) is 6.38. The first kappa shape index (κ1) is 28.7. The number of pyridine rings is 1. The van der Waals surface area contributed by atoms with Gasteiger partial charge in [-0.1, -0.05) is 24.3 Å². The number of ether oxygens (including phenoxy) is 2. The number of unbranched alkanes of at least 4 members (excludes halogenated alkanes) is 1. The molecule has 218 valence electrons. The van der Waals surface area contributed by atoms with Gasteiger partial charge in [0.25, 0.3) is 5.56 Å². The lowest BCUT2D eigenvalue weighted by Gasteiger charge is -2.38. The molecule has 2 aromatic carbocycles. The zero-order valence-electron chi connectivity index (χ0n) is 24.4. The third-order valence-electron chi connectivity index (χ3n) is 6.71. The number of hydrogen-bond donors (Lipinski definition) is 2. The Morgan fingerprint density at radius 1 is 1.14 bits per heavy atom. The van der Waals surface area contributed by atoms with Crippen molar-refractivity contribution in [3.63, 3.8) is 0 Å². The smallest absolute Gasteiger partial charge is 0.414 e. The molecule has 2 aromatic heterocycles. The van der Waals surface area contributed by atoms with Crippen molar-refractivity contribution >= 4 is 45.8 Å². The molecule has 10 heteroatoms. The first-order valence-corrected chi connectivity index (χ1v) is 14.0. The normalized spacial score (nSPS) is 13.0. The molecule has 2 N–H and O–H groups in total. The molecule has 0 atom stereocenters. The van der Waals surface area contributed by atoms with Crippen molar-refractivity contribution < 1.29 is 14.3 Å². The van der Waals surface area contributed by atoms with Crippen molar-refractivity contribution in [2.75, 3.05) is 34.8 Å². The number of aromatic amines is 1. The number of carbonyl (C=O) groups excluding carboxylic acids is 1. The van der Waals surface area contributed by atoms with Crippen LogP contribution in [0.5, 0.6) is 5.75 Å². The summed E-state index contributed by atoms with van der Waals surface area (Å²) in [5.41, 5.74) is 3.10. The van der Waals surface area contributed by atoms with E-state index in [2.05, 4.69) is 26.8 Å². The summed E-state index contributed by atoms with van der Waals surface area (Å²) in [4.78, 5) is 41.9. The van der Waals surface area contributed by atoms with Crippen LogP contribution in [-0.4, -0.2) is 46.3 Å². The second-order valence-corrected chi connectivity index (χ2v) is 11.1. The van der Waals surface area contributed by atoms with Crippen LogP contribution < -0.4 is 25.4 Å². The summed E-state index contributed by atoms with van der Waals surface area (Å²) in [6.45, 7) is 12.6. The highest BCUT2D eigenvalue weighted by Gasteiger charge is 2.32. The van der Waals surface area contributed by atoms with Crippen molar-refractivity contribution in [3.05, 3.63) is 83.3 Å². The van der Waals surface area contributed by atoms with E-state index in [1.165, 1.54) is 0 Å². The van der Waals surface area contributed by atoms with Crippen LogP contribution >= 0.6 is 0 Å². The summed E-state index contributed by atoms with van der Waals surface area (Å²) in [5, 5.41) is 3.86. The second-order valence-electron chi connectivity index (χ2n) is 11.1. The van der Waals surface area contributed by atoms with Crippen molar-refractivity contribution in [2.45, 2.75) is 46.1 Å². The van der Waals surface area contributed by atoms with Gasteiger partial charge < -0.3 is 24.7 Å². The maximum atomic E-state index is 13.4. The van der Waals surface area contributed by atoms with Gasteiger partial charge in [0.1, 0.15) is 22.7 Å². The molecule has 3 heterocycles. The number of allylic oxidation sites excluding steroid dienone is 1. The molecule has 0 fully saturated rings. The Kier molecular flexibility index (Phi) is 8.15. The largest absolute Gasteiger partial charge is 0.494 e. The van der Waals surface area contributed by atoms with Crippen molar-refractivity contribution in [1.82, 2.24) is 15.0 Å². The molecule has 0 radical (unpaired) electrons. The van der Waals surface area contributed by atoms with Gasteiger partial charge >= 0.3 is 6.09 Å². The lowest BCUT2D eigenvalue weighted by molar-refractivity contribution is 0.0580. The summed E-state index contributed by atoms with van der Waals surface area (Å²) >= 11 is 0. The summed E-state index contributed by atoms with van der Waals surface area (Å²) < 4.78 is 11.5. The number of aromatic nitrogens is 3. The Hall–Kier alpha value is -4.86. The molecule has 0 unspecified atom stereocenters. The molecule has 4 aromatic rings. The van der Waals surface area contributed by atoms with Gasteiger partial charge in [0, 0.05) is 36.4 Å². The number of H-pyrrole nitrogens is 1. The summed E-state index contributed by atoms with van der Waals surface area (Å²) in [5.74, 6) is 1.09. The molecule has 0 spiro atoms. The van der Waals surface area contributed by atoms with Gasteiger partial charge in [-0.05, 0) is 70.4 Å². The number of amides is 1. The zero-order chi connectivity index (χ0) is 29.9. The number of hydrogen-bond acceptors (Lipinski definition) is 8. The van der Waals surface area contributed by atoms with Gasteiger partial charge in [0.05, 0.1) is 18.0 Å². The number of nitrogens with one attached hydrogen (secondary N) is 2. The molecule has 1 aliphatic rings. The van der Waals surface area contributed by atoms with E-state index >= 15 is 0 Å². The number of carbonyl (C=O) groups is 1. The van der Waals surface area contributed by atoms with Crippen LogP contribution in [0, 0.1) is 6.92 Å². The zero-order valence-corrected chi connectivity index (χ0v) is 24.4. The second kappa shape index (κ2) is 11.9. The monoisotopic (exact) mass is 568 g/mol. The van der Waals surface area contributed by atoms with Crippen molar-refractivity contribution in [1.29, 1.82) is 0 Å². The first-order chi connectivity index (χ1) is 20.1. The minimum absolute atomic E-state index is 0.291. The fraction of sp³-hybridized carbons (Fsp3) is 0.312. The predicted octanol–water partition coefficient (Wildman–Crippen LogP) is 6.61. The lowest BCUT2D eigenvalue weighted by Crippen LogP contribution is -2.46. The van der Waals surface area contributed by atoms with Crippen LogP contribution in [0.2, 0.25) is 0 Å². The molecule has 10 nitrogen and oxygen atoms in total. The van der Waals surface area contributed by atoms with Crippen LogP contribution in [0.4, 0.5) is 33.5 Å². The molecule has 5 rings (SSSR count). The fourth-order valence-electron chi connectivity index (χ4n) is 4.85. The quantitative estimate of drug-likeness (QED) is 0.180. The average molecular weight is 569 g/mol. The number of para-hydroxylation sites is 1. The van der Waals surface area contributed by atoms with Crippen LogP contribution in [0.15, 0.2) is 72.2 Å². The molecular weight excluding hydrogens is 532 g/mol. The minimum atomic E-state index is -0.623. The number of nitrogens with zero attached hydrogens (tertiary/aromatic N) is 4. The molecule has 0 saturated heterocycles. The Morgan fingerprint density at radius 3 is 2.74 bits per heavy atom. The summed E-state index contributed by atoms with van der Waals surface area (Å²) in [7, 11) is 0. The van der Waals surface area contributed by atoms with Crippen LogP contribution in [0.1, 0.15) is 39.2 Å². The van der Waals surface area contributed by atoms with Crippen LogP contribution in [0.3, 0.4) is 0 Å². The van der Waals surface area contributed by atoms with E-state index in [1.54, 1.807) is 17.2 Å². The highest BCUT2D eigenvalue weighted by molar-refractivity contribution is 5.97. The van der Waals surface area contributed by atoms with Gasteiger partial charge in [0.15, 0.2) is 0 Å². The van der Waals surface area contributed by atoms with Crippen LogP contribution in [0.25, 0.3) is 11.0 Å².